The first-order valence-corrected chi connectivity index (χ1v) is 11.2. The Morgan fingerprint density at radius 2 is 1.66 bits per heavy atom. The second-order valence-corrected chi connectivity index (χ2v) is 8.83. The van der Waals surface area contributed by atoms with Crippen LogP contribution in [0.5, 0.6) is 0 Å². The van der Waals surface area contributed by atoms with E-state index < -0.39 is 6.04 Å². The molecule has 1 atom stereocenters. The number of anilines is 2. The summed E-state index contributed by atoms with van der Waals surface area (Å²) in [6.07, 6.45) is 0. The number of rotatable bonds is 6. The first kappa shape index (κ1) is 21.7. The summed E-state index contributed by atoms with van der Waals surface area (Å²) in [7, 11) is 0. The van der Waals surface area contributed by atoms with Gasteiger partial charge < -0.3 is 10.6 Å². The molecule has 2 N–H and O–H groups in total. The number of aromatic nitrogens is 1. The fourth-order valence-corrected chi connectivity index (χ4v) is 4.73. The van der Waals surface area contributed by atoms with Crippen LogP contribution >= 0.6 is 11.3 Å². The van der Waals surface area contributed by atoms with Gasteiger partial charge in [-0.1, -0.05) is 42.5 Å². The number of hydrogen-bond acceptors (Lipinski definition) is 4. The highest BCUT2D eigenvalue weighted by molar-refractivity contribution is 7.16. The molecule has 4 rings (SSSR count). The molecule has 0 aliphatic carbocycles. The number of nitrogens with one attached hydrogen (secondary N) is 2. The number of hydrogen-bond donors (Lipinski definition) is 2. The molecule has 4 aromatic rings. The molecule has 0 fully saturated rings. The zero-order valence-electron chi connectivity index (χ0n) is 18.1. The van der Waals surface area contributed by atoms with E-state index in [1.807, 2.05) is 63.2 Å². The van der Waals surface area contributed by atoms with Crippen molar-refractivity contribution in [3.63, 3.8) is 0 Å². The number of nitrogens with zero attached hydrogens (tertiary/aromatic N) is 1. The normalized spacial score (nSPS) is 11.8. The summed E-state index contributed by atoms with van der Waals surface area (Å²) in [5.41, 5.74) is 3.76. The average Bonchev–Trinajstić information content (AvgIpc) is 3.06. The molecule has 2 aromatic heterocycles. The summed E-state index contributed by atoms with van der Waals surface area (Å²) in [6, 6.07) is 20.9. The zero-order chi connectivity index (χ0) is 22.7. The summed E-state index contributed by atoms with van der Waals surface area (Å²) in [4.78, 5) is 18.5. The van der Waals surface area contributed by atoms with Crippen LogP contribution in [0, 0.1) is 26.6 Å². The lowest BCUT2D eigenvalue weighted by atomic mass is 9.96. The van der Waals surface area contributed by atoms with Gasteiger partial charge in [-0.15, -0.1) is 11.3 Å². The number of carbonyl (C=O) groups is 1. The monoisotopic (exact) mass is 445 g/mol. The standard InChI is InChI=1S/C26H24FN3OS/c1-16-10-9-15-22(28-16)29-24(20-13-7-8-14-21(20)27)23-17(2)18(3)32-26(23)30-25(31)19-11-5-4-6-12-19/h4-15,24H,1-3H3,(H,28,29)(H,30,31)/t24-/m0/s1. The molecule has 2 aromatic carbocycles. The molecular formula is C26H24FN3OS. The van der Waals surface area contributed by atoms with Gasteiger partial charge >= 0.3 is 0 Å². The maximum Gasteiger partial charge on any atom is 0.256 e. The Morgan fingerprint density at radius 1 is 0.938 bits per heavy atom. The SMILES string of the molecule is Cc1cccc(N[C@@H](c2ccccc2F)c2c(NC(=O)c3ccccc3)sc(C)c2C)n1. The first-order chi connectivity index (χ1) is 15.4. The summed E-state index contributed by atoms with van der Waals surface area (Å²) in [5.74, 6) is 0.122. The van der Waals surface area contributed by atoms with Crippen LogP contribution in [0.1, 0.15) is 43.7 Å². The van der Waals surface area contributed by atoms with E-state index >= 15 is 0 Å². The third-order valence-electron chi connectivity index (χ3n) is 5.38. The first-order valence-electron chi connectivity index (χ1n) is 10.3. The third-order valence-corrected chi connectivity index (χ3v) is 6.52. The Balaban J connectivity index is 1.80. The molecule has 0 spiro atoms. The van der Waals surface area contributed by atoms with Crippen molar-refractivity contribution >= 4 is 28.1 Å². The van der Waals surface area contributed by atoms with Crippen molar-refractivity contribution in [2.45, 2.75) is 26.8 Å². The third kappa shape index (κ3) is 4.55. The van der Waals surface area contributed by atoms with Gasteiger partial charge in [0.2, 0.25) is 0 Å². The van der Waals surface area contributed by atoms with Gasteiger partial charge in [-0.25, -0.2) is 9.37 Å². The van der Waals surface area contributed by atoms with E-state index in [1.165, 1.54) is 17.4 Å². The van der Waals surface area contributed by atoms with Gasteiger partial charge in [-0.2, -0.15) is 0 Å². The molecule has 0 radical (unpaired) electrons. The van der Waals surface area contributed by atoms with Gasteiger partial charge in [0.25, 0.3) is 5.91 Å². The van der Waals surface area contributed by atoms with E-state index in [4.69, 9.17) is 0 Å². The van der Waals surface area contributed by atoms with E-state index in [0.717, 1.165) is 21.7 Å². The lowest BCUT2D eigenvalue weighted by Crippen LogP contribution is -2.19. The van der Waals surface area contributed by atoms with Crippen LogP contribution in [0.3, 0.4) is 0 Å². The Kier molecular flexibility index (Phi) is 6.32. The van der Waals surface area contributed by atoms with Gasteiger partial charge in [0.1, 0.15) is 16.6 Å². The van der Waals surface area contributed by atoms with E-state index in [-0.39, 0.29) is 11.7 Å². The summed E-state index contributed by atoms with van der Waals surface area (Å²) < 4.78 is 15.0. The molecule has 4 nitrogen and oxygen atoms in total. The van der Waals surface area contributed by atoms with Crippen LogP contribution in [0.15, 0.2) is 72.8 Å². The molecule has 6 heteroatoms. The Labute approximate surface area is 191 Å². The fourth-order valence-electron chi connectivity index (χ4n) is 3.64. The number of benzene rings is 2. The van der Waals surface area contributed by atoms with Crippen molar-refractivity contribution in [1.82, 2.24) is 4.98 Å². The molecule has 32 heavy (non-hydrogen) atoms. The van der Waals surface area contributed by atoms with E-state index in [1.54, 1.807) is 24.3 Å². The highest BCUT2D eigenvalue weighted by Crippen LogP contribution is 2.41. The van der Waals surface area contributed by atoms with Gasteiger partial charge in [0.15, 0.2) is 0 Å². The van der Waals surface area contributed by atoms with Crippen molar-refractivity contribution in [3.05, 3.63) is 111 Å². The maximum atomic E-state index is 15.0. The Morgan fingerprint density at radius 3 is 2.38 bits per heavy atom. The lowest BCUT2D eigenvalue weighted by Gasteiger charge is -2.23. The number of aryl methyl sites for hydroxylation is 2. The van der Waals surface area contributed by atoms with Crippen LogP contribution < -0.4 is 10.6 Å². The molecule has 0 unspecified atom stereocenters. The molecule has 162 valence electrons. The van der Waals surface area contributed by atoms with Crippen LogP contribution in [-0.4, -0.2) is 10.9 Å². The lowest BCUT2D eigenvalue weighted by molar-refractivity contribution is 0.102. The number of carbonyl (C=O) groups excluding carboxylic acids is 1. The zero-order valence-corrected chi connectivity index (χ0v) is 19.0. The second kappa shape index (κ2) is 9.32. The molecule has 2 heterocycles. The van der Waals surface area contributed by atoms with Crippen molar-refractivity contribution in [2.24, 2.45) is 0 Å². The number of halogens is 1. The maximum absolute atomic E-state index is 15.0. The van der Waals surface area contributed by atoms with Crippen LogP contribution in [-0.2, 0) is 0 Å². The molecule has 0 aliphatic heterocycles. The van der Waals surface area contributed by atoms with E-state index in [9.17, 15) is 9.18 Å². The molecule has 1 amide bonds. The molecule has 0 bridgehead atoms. The molecular weight excluding hydrogens is 421 g/mol. The minimum atomic E-state index is -0.526. The van der Waals surface area contributed by atoms with E-state index in [0.29, 0.717) is 21.9 Å². The van der Waals surface area contributed by atoms with E-state index in [2.05, 4.69) is 15.6 Å². The van der Waals surface area contributed by atoms with Crippen molar-refractivity contribution in [2.75, 3.05) is 10.6 Å². The van der Waals surface area contributed by atoms with Gasteiger partial charge in [0.05, 0.1) is 6.04 Å². The van der Waals surface area contributed by atoms with Crippen LogP contribution in [0.25, 0.3) is 0 Å². The van der Waals surface area contributed by atoms with Crippen molar-refractivity contribution < 1.29 is 9.18 Å². The smallest absolute Gasteiger partial charge is 0.256 e. The predicted molar refractivity (Wildman–Crippen MR) is 129 cm³/mol. The van der Waals surface area contributed by atoms with Gasteiger partial charge in [-0.3, -0.25) is 4.79 Å². The average molecular weight is 446 g/mol. The predicted octanol–water partition coefficient (Wildman–Crippen LogP) is 6.66. The van der Waals surface area contributed by atoms with Gasteiger partial charge in [-0.05, 0) is 56.7 Å². The van der Waals surface area contributed by atoms with Gasteiger partial charge in [0, 0.05) is 27.3 Å². The van der Waals surface area contributed by atoms with Crippen LogP contribution in [0.4, 0.5) is 15.2 Å². The largest absolute Gasteiger partial charge is 0.359 e. The van der Waals surface area contributed by atoms with Crippen LogP contribution in [0.2, 0.25) is 0 Å². The summed E-state index contributed by atoms with van der Waals surface area (Å²) in [6.45, 7) is 5.92. The minimum absolute atomic E-state index is 0.200. The van der Waals surface area contributed by atoms with Crippen molar-refractivity contribution in [3.8, 4) is 0 Å². The number of pyridine rings is 1. The highest BCUT2D eigenvalue weighted by Gasteiger charge is 2.27. The summed E-state index contributed by atoms with van der Waals surface area (Å²) >= 11 is 1.49. The topological polar surface area (TPSA) is 54.0 Å². The number of thiophene rings is 1. The Bertz CT molecular complexity index is 1250. The Hall–Kier alpha value is -3.51. The number of amides is 1. The molecule has 0 aliphatic rings. The second-order valence-electron chi connectivity index (χ2n) is 7.61. The quantitative estimate of drug-likeness (QED) is 0.349. The van der Waals surface area contributed by atoms with Crippen molar-refractivity contribution in [1.29, 1.82) is 0 Å². The fraction of sp³-hybridized carbons (Fsp3) is 0.154. The minimum Gasteiger partial charge on any atom is -0.359 e. The highest BCUT2D eigenvalue weighted by atomic mass is 32.1. The molecule has 0 saturated carbocycles. The summed E-state index contributed by atoms with van der Waals surface area (Å²) in [5, 5.41) is 7.15. The molecule has 0 saturated heterocycles.